The number of furan rings is 1. The fraction of sp³-hybridized carbons (Fsp3) is 0.0667. The molecule has 2 N–H and O–H groups in total. The van der Waals surface area contributed by atoms with Gasteiger partial charge >= 0.3 is 0 Å². The zero-order valence-corrected chi connectivity index (χ0v) is 10.9. The second-order valence-corrected chi connectivity index (χ2v) is 4.49. The van der Waals surface area contributed by atoms with E-state index in [1.54, 1.807) is 24.5 Å². The number of carbonyl (C=O) groups is 1. The first-order valence-electron chi connectivity index (χ1n) is 6.19. The highest BCUT2D eigenvalue weighted by Crippen LogP contribution is 2.16. The van der Waals surface area contributed by atoms with Crippen LogP contribution in [0.4, 0.5) is 0 Å². The molecule has 0 aliphatic carbocycles. The number of benzene rings is 1. The van der Waals surface area contributed by atoms with Gasteiger partial charge in [-0.15, -0.1) is 0 Å². The Labute approximate surface area is 115 Å². The van der Waals surface area contributed by atoms with Gasteiger partial charge in [-0.05, 0) is 37.3 Å². The van der Waals surface area contributed by atoms with E-state index >= 15 is 0 Å². The van der Waals surface area contributed by atoms with E-state index in [-0.39, 0.29) is 5.91 Å². The molecule has 2 aromatic heterocycles. The fourth-order valence-electron chi connectivity index (χ4n) is 1.95. The van der Waals surface area contributed by atoms with Crippen LogP contribution in [0.25, 0.3) is 10.9 Å². The average molecular weight is 267 g/mol. The monoisotopic (exact) mass is 267 g/mol. The predicted molar refractivity (Wildman–Crippen MR) is 76.8 cm³/mol. The second kappa shape index (κ2) is 5.05. The number of rotatable bonds is 3. The summed E-state index contributed by atoms with van der Waals surface area (Å²) in [4.78, 5) is 15.0. The van der Waals surface area contributed by atoms with Crippen molar-refractivity contribution in [3.63, 3.8) is 0 Å². The van der Waals surface area contributed by atoms with Crippen molar-refractivity contribution in [1.29, 1.82) is 0 Å². The number of nitrogens with zero attached hydrogens (tertiary/aromatic N) is 1. The molecule has 1 amide bonds. The number of amides is 1. The number of H-pyrrole nitrogens is 1. The van der Waals surface area contributed by atoms with Crippen molar-refractivity contribution < 1.29 is 9.21 Å². The van der Waals surface area contributed by atoms with Crippen molar-refractivity contribution in [1.82, 2.24) is 10.4 Å². The third-order valence-corrected chi connectivity index (χ3v) is 2.92. The summed E-state index contributed by atoms with van der Waals surface area (Å²) in [5, 5.41) is 4.84. The quantitative estimate of drug-likeness (QED) is 0.566. The standard InChI is InChI=1S/C15H13N3O2/c1-10-4-5-13-11(7-10)8-14(17-13)15(19)18-16-9-12-3-2-6-20-12/h2-9,17H,1H3,(H,18,19). The number of fused-ring (bicyclic) bond motifs is 1. The van der Waals surface area contributed by atoms with Gasteiger partial charge in [-0.1, -0.05) is 11.6 Å². The number of aryl methyl sites for hydroxylation is 1. The third kappa shape index (κ3) is 2.47. The number of aromatic nitrogens is 1. The van der Waals surface area contributed by atoms with Crippen LogP contribution in [0.15, 0.2) is 52.2 Å². The lowest BCUT2D eigenvalue weighted by Crippen LogP contribution is -2.17. The highest BCUT2D eigenvalue weighted by atomic mass is 16.3. The summed E-state index contributed by atoms with van der Waals surface area (Å²) in [5.74, 6) is 0.291. The van der Waals surface area contributed by atoms with E-state index in [1.165, 1.54) is 6.21 Å². The lowest BCUT2D eigenvalue weighted by molar-refractivity contribution is 0.0951. The molecule has 0 aliphatic heterocycles. The molecule has 0 unspecified atom stereocenters. The van der Waals surface area contributed by atoms with E-state index in [2.05, 4.69) is 15.5 Å². The highest BCUT2D eigenvalue weighted by molar-refractivity contribution is 5.98. The van der Waals surface area contributed by atoms with Crippen LogP contribution < -0.4 is 5.43 Å². The molecule has 1 aromatic carbocycles. The van der Waals surface area contributed by atoms with Crippen LogP contribution in [0.2, 0.25) is 0 Å². The molecule has 0 atom stereocenters. The molecule has 0 aliphatic rings. The van der Waals surface area contributed by atoms with E-state index in [1.807, 2.05) is 25.1 Å². The van der Waals surface area contributed by atoms with E-state index in [0.29, 0.717) is 11.5 Å². The smallest absolute Gasteiger partial charge is 0.287 e. The summed E-state index contributed by atoms with van der Waals surface area (Å²) in [5.41, 5.74) is 5.01. The molecule has 0 fully saturated rings. The van der Waals surface area contributed by atoms with Crippen molar-refractivity contribution >= 4 is 23.0 Å². The number of aromatic amines is 1. The van der Waals surface area contributed by atoms with Crippen LogP contribution in [0.3, 0.4) is 0 Å². The maximum absolute atomic E-state index is 11.9. The van der Waals surface area contributed by atoms with E-state index < -0.39 is 0 Å². The van der Waals surface area contributed by atoms with E-state index in [9.17, 15) is 4.79 Å². The number of carbonyl (C=O) groups excluding carboxylic acids is 1. The van der Waals surface area contributed by atoms with Gasteiger partial charge in [0.1, 0.15) is 11.5 Å². The minimum absolute atomic E-state index is 0.290. The Kier molecular flexibility index (Phi) is 3.09. The predicted octanol–water partition coefficient (Wildman–Crippen LogP) is 2.83. The highest BCUT2D eigenvalue weighted by Gasteiger charge is 2.08. The van der Waals surface area contributed by atoms with Crippen LogP contribution in [-0.2, 0) is 0 Å². The summed E-state index contributed by atoms with van der Waals surface area (Å²) in [6.45, 7) is 2.01. The molecule has 0 saturated carbocycles. The Hall–Kier alpha value is -2.82. The van der Waals surface area contributed by atoms with Gasteiger partial charge in [-0.25, -0.2) is 5.43 Å². The van der Waals surface area contributed by atoms with Gasteiger partial charge in [0.15, 0.2) is 0 Å². The lowest BCUT2D eigenvalue weighted by atomic mass is 10.2. The third-order valence-electron chi connectivity index (χ3n) is 2.92. The Bertz CT molecular complexity index is 770. The van der Waals surface area contributed by atoms with Crippen molar-refractivity contribution in [2.75, 3.05) is 0 Å². The summed E-state index contributed by atoms with van der Waals surface area (Å²) < 4.78 is 5.07. The maximum Gasteiger partial charge on any atom is 0.287 e. The van der Waals surface area contributed by atoms with Crippen molar-refractivity contribution in [2.24, 2.45) is 5.10 Å². The minimum atomic E-state index is -0.290. The molecule has 5 nitrogen and oxygen atoms in total. The molecule has 0 spiro atoms. The molecule has 0 saturated heterocycles. The summed E-state index contributed by atoms with van der Waals surface area (Å²) in [6, 6.07) is 11.3. The molecule has 0 bridgehead atoms. The Morgan fingerprint density at radius 1 is 1.35 bits per heavy atom. The second-order valence-electron chi connectivity index (χ2n) is 4.49. The first-order valence-corrected chi connectivity index (χ1v) is 6.19. The summed E-state index contributed by atoms with van der Waals surface area (Å²) >= 11 is 0. The Balaban J connectivity index is 1.75. The number of nitrogens with one attached hydrogen (secondary N) is 2. The van der Waals surface area contributed by atoms with E-state index in [0.717, 1.165) is 16.5 Å². The normalized spacial score (nSPS) is 11.2. The molecule has 2 heterocycles. The number of hydrogen-bond acceptors (Lipinski definition) is 3. The van der Waals surface area contributed by atoms with Crippen LogP contribution >= 0.6 is 0 Å². The summed E-state index contributed by atoms with van der Waals surface area (Å²) in [7, 11) is 0. The molecular formula is C15H13N3O2. The van der Waals surface area contributed by atoms with Gasteiger partial charge < -0.3 is 9.40 Å². The zero-order valence-electron chi connectivity index (χ0n) is 10.9. The molecule has 20 heavy (non-hydrogen) atoms. The van der Waals surface area contributed by atoms with Gasteiger partial charge in [0.25, 0.3) is 5.91 Å². The SMILES string of the molecule is Cc1ccc2[nH]c(C(=O)NN=Cc3ccco3)cc2c1. The van der Waals surface area contributed by atoms with Gasteiger partial charge in [0.2, 0.25) is 0 Å². The van der Waals surface area contributed by atoms with Crippen LogP contribution in [0.1, 0.15) is 21.8 Å². The molecule has 5 heteroatoms. The van der Waals surface area contributed by atoms with Crippen LogP contribution in [0, 0.1) is 6.92 Å². The molecule has 100 valence electrons. The van der Waals surface area contributed by atoms with E-state index in [4.69, 9.17) is 4.42 Å². The van der Waals surface area contributed by atoms with Gasteiger partial charge in [-0.3, -0.25) is 4.79 Å². The van der Waals surface area contributed by atoms with Crippen molar-refractivity contribution in [2.45, 2.75) is 6.92 Å². The summed E-state index contributed by atoms with van der Waals surface area (Å²) in [6.07, 6.45) is 2.99. The van der Waals surface area contributed by atoms with Crippen molar-refractivity contribution in [3.8, 4) is 0 Å². The molecular weight excluding hydrogens is 254 g/mol. The zero-order chi connectivity index (χ0) is 13.9. The average Bonchev–Trinajstić information content (AvgIpc) is 3.06. The molecule has 3 rings (SSSR count). The minimum Gasteiger partial charge on any atom is -0.463 e. The molecule has 0 radical (unpaired) electrons. The van der Waals surface area contributed by atoms with Crippen LogP contribution in [0.5, 0.6) is 0 Å². The molecule has 3 aromatic rings. The largest absolute Gasteiger partial charge is 0.463 e. The fourth-order valence-corrected chi connectivity index (χ4v) is 1.95. The van der Waals surface area contributed by atoms with Crippen LogP contribution in [-0.4, -0.2) is 17.1 Å². The Morgan fingerprint density at radius 3 is 3.05 bits per heavy atom. The van der Waals surface area contributed by atoms with Gasteiger partial charge in [0, 0.05) is 10.9 Å². The number of hydrogen-bond donors (Lipinski definition) is 2. The van der Waals surface area contributed by atoms with Gasteiger partial charge in [-0.2, -0.15) is 5.10 Å². The van der Waals surface area contributed by atoms with Crippen molar-refractivity contribution in [3.05, 3.63) is 59.7 Å². The lowest BCUT2D eigenvalue weighted by Gasteiger charge is -1.94. The maximum atomic E-state index is 11.9. The first-order chi connectivity index (χ1) is 9.72. The topological polar surface area (TPSA) is 70.4 Å². The van der Waals surface area contributed by atoms with Gasteiger partial charge in [0.05, 0.1) is 12.5 Å². The number of hydrazone groups is 1. The Morgan fingerprint density at radius 2 is 2.25 bits per heavy atom. The first kappa shape index (κ1) is 12.2.